The van der Waals surface area contributed by atoms with Gasteiger partial charge in [-0.15, -0.1) is 11.3 Å². The van der Waals surface area contributed by atoms with Crippen LogP contribution in [0.15, 0.2) is 6.07 Å². The quantitative estimate of drug-likeness (QED) is 0.796. The number of aryl methyl sites for hydroxylation is 1. The van der Waals surface area contributed by atoms with Gasteiger partial charge in [0, 0.05) is 31.9 Å². The van der Waals surface area contributed by atoms with Crippen molar-refractivity contribution in [3.63, 3.8) is 0 Å². The standard InChI is InChI=1S/C16H17F3N4O3S/c1-22-13-9(11(21-22)16(17,18)19)7-10(27-13)12(24)23-5-2-3-15(4-6-23)8-20-14(25)26-15/h7H,2-6,8H2,1H3,(H,20,25)/t15-/m0/s1. The van der Waals surface area contributed by atoms with Crippen LogP contribution in [0.2, 0.25) is 0 Å². The van der Waals surface area contributed by atoms with E-state index in [-0.39, 0.29) is 16.2 Å². The molecule has 7 nitrogen and oxygen atoms in total. The zero-order valence-electron chi connectivity index (χ0n) is 14.4. The Bertz CT molecular complexity index is 922. The average molecular weight is 402 g/mol. The molecule has 27 heavy (non-hydrogen) atoms. The van der Waals surface area contributed by atoms with Crippen LogP contribution in [0, 0.1) is 0 Å². The minimum absolute atomic E-state index is 0.0569. The van der Waals surface area contributed by atoms with E-state index in [2.05, 4.69) is 10.4 Å². The number of likely N-dealkylation sites (tertiary alicyclic amines) is 1. The summed E-state index contributed by atoms with van der Waals surface area (Å²) in [6.45, 7) is 1.26. The first-order valence-electron chi connectivity index (χ1n) is 8.48. The molecule has 0 aliphatic carbocycles. The molecule has 1 atom stereocenters. The van der Waals surface area contributed by atoms with Gasteiger partial charge < -0.3 is 15.0 Å². The number of thiophene rings is 1. The SMILES string of the molecule is Cn1nc(C(F)(F)F)c2cc(C(=O)N3CCC[C@]4(CC3)CNC(=O)O4)sc21. The van der Waals surface area contributed by atoms with Crippen LogP contribution in [0.25, 0.3) is 10.2 Å². The molecule has 0 unspecified atom stereocenters. The highest BCUT2D eigenvalue weighted by Gasteiger charge is 2.42. The van der Waals surface area contributed by atoms with Crippen molar-refractivity contribution in [2.24, 2.45) is 7.05 Å². The van der Waals surface area contributed by atoms with Crippen molar-refractivity contribution in [3.8, 4) is 0 Å². The summed E-state index contributed by atoms with van der Waals surface area (Å²) >= 11 is 1.01. The molecule has 2 amide bonds. The van der Waals surface area contributed by atoms with Gasteiger partial charge in [-0.25, -0.2) is 4.79 Å². The van der Waals surface area contributed by atoms with Crippen LogP contribution in [-0.4, -0.2) is 51.9 Å². The predicted octanol–water partition coefficient (Wildman–Crippen LogP) is 2.76. The lowest BCUT2D eigenvalue weighted by Crippen LogP contribution is -2.36. The van der Waals surface area contributed by atoms with E-state index in [0.717, 1.165) is 16.0 Å². The topological polar surface area (TPSA) is 76.5 Å². The molecule has 0 radical (unpaired) electrons. The third kappa shape index (κ3) is 3.13. The number of carbonyl (C=O) groups is 2. The van der Waals surface area contributed by atoms with E-state index in [1.54, 1.807) is 4.90 Å². The molecule has 2 aromatic heterocycles. The first-order valence-corrected chi connectivity index (χ1v) is 9.30. The van der Waals surface area contributed by atoms with E-state index in [9.17, 15) is 22.8 Å². The van der Waals surface area contributed by atoms with E-state index in [1.807, 2.05) is 0 Å². The average Bonchev–Trinajstić information content (AvgIpc) is 3.20. The van der Waals surface area contributed by atoms with Gasteiger partial charge in [0.05, 0.1) is 11.4 Å². The highest BCUT2D eigenvalue weighted by molar-refractivity contribution is 7.20. The first-order chi connectivity index (χ1) is 12.7. The van der Waals surface area contributed by atoms with E-state index >= 15 is 0 Å². The number of nitrogens with one attached hydrogen (secondary N) is 1. The molecule has 0 bridgehead atoms. The monoisotopic (exact) mass is 402 g/mol. The summed E-state index contributed by atoms with van der Waals surface area (Å²) in [4.78, 5) is 26.4. The molecule has 4 heterocycles. The van der Waals surface area contributed by atoms with Gasteiger partial charge in [0.15, 0.2) is 5.69 Å². The van der Waals surface area contributed by atoms with E-state index < -0.39 is 23.6 Å². The lowest BCUT2D eigenvalue weighted by Gasteiger charge is -2.24. The second-order valence-corrected chi connectivity index (χ2v) is 7.90. The Balaban J connectivity index is 1.57. The Hall–Kier alpha value is -2.30. The second kappa shape index (κ2) is 6.11. The molecular weight excluding hydrogens is 385 g/mol. The maximum absolute atomic E-state index is 13.1. The normalized spacial score (nSPS) is 23.6. The highest BCUT2D eigenvalue weighted by Crippen LogP contribution is 2.38. The number of carbonyl (C=O) groups excluding carboxylic acids is 2. The van der Waals surface area contributed by atoms with E-state index in [1.165, 1.54) is 13.1 Å². The summed E-state index contributed by atoms with van der Waals surface area (Å²) in [6.07, 6.45) is -3.23. The van der Waals surface area contributed by atoms with Gasteiger partial charge >= 0.3 is 12.3 Å². The zero-order chi connectivity index (χ0) is 19.4. The fourth-order valence-electron chi connectivity index (χ4n) is 3.66. The summed E-state index contributed by atoms with van der Waals surface area (Å²) in [5, 5.41) is 6.11. The number of halogens is 3. The maximum atomic E-state index is 13.1. The number of hydrogen-bond donors (Lipinski definition) is 1. The number of alkyl carbamates (subject to hydrolysis) is 1. The largest absolute Gasteiger partial charge is 0.441 e. The van der Waals surface area contributed by atoms with Crippen molar-refractivity contribution in [2.45, 2.75) is 31.0 Å². The van der Waals surface area contributed by atoms with Gasteiger partial charge in [-0.2, -0.15) is 18.3 Å². The molecule has 1 spiro atoms. The Kier molecular flexibility index (Phi) is 4.09. The molecule has 2 fully saturated rings. The third-order valence-electron chi connectivity index (χ3n) is 5.04. The number of ether oxygens (including phenoxy) is 1. The van der Waals surface area contributed by atoms with Crippen molar-refractivity contribution >= 4 is 33.6 Å². The van der Waals surface area contributed by atoms with Gasteiger partial charge in [-0.3, -0.25) is 9.48 Å². The number of rotatable bonds is 1. The second-order valence-electron chi connectivity index (χ2n) is 6.87. The maximum Gasteiger partial charge on any atom is 0.435 e. The molecule has 0 aromatic carbocycles. The van der Waals surface area contributed by atoms with E-state index in [0.29, 0.717) is 43.7 Å². The Morgan fingerprint density at radius 1 is 1.37 bits per heavy atom. The molecular formula is C16H17F3N4O3S. The van der Waals surface area contributed by atoms with Crippen LogP contribution in [0.1, 0.15) is 34.6 Å². The Morgan fingerprint density at radius 2 is 2.15 bits per heavy atom. The van der Waals surface area contributed by atoms with Crippen LogP contribution in [-0.2, 0) is 18.0 Å². The van der Waals surface area contributed by atoms with Crippen molar-refractivity contribution in [3.05, 3.63) is 16.6 Å². The molecule has 2 aromatic rings. The van der Waals surface area contributed by atoms with Crippen LogP contribution in [0.4, 0.5) is 18.0 Å². The third-order valence-corrected chi connectivity index (χ3v) is 6.23. The number of amides is 2. The molecule has 4 rings (SSSR count). The molecule has 0 saturated carbocycles. The number of aromatic nitrogens is 2. The van der Waals surface area contributed by atoms with Gasteiger partial charge in [0.25, 0.3) is 5.91 Å². The molecule has 11 heteroatoms. The molecule has 1 N–H and O–H groups in total. The smallest absolute Gasteiger partial charge is 0.435 e. The molecule has 2 aliphatic rings. The van der Waals surface area contributed by atoms with Gasteiger partial charge in [0.2, 0.25) is 0 Å². The van der Waals surface area contributed by atoms with Crippen molar-refractivity contribution < 1.29 is 27.5 Å². The van der Waals surface area contributed by atoms with Gasteiger partial charge in [-0.05, 0) is 18.9 Å². The summed E-state index contributed by atoms with van der Waals surface area (Å²) in [7, 11) is 1.43. The zero-order valence-corrected chi connectivity index (χ0v) is 15.2. The number of hydrogen-bond acceptors (Lipinski definition) is 5. The van der Waals surface area contributed by atoms with Crippen LogP contribution < -0.4 is 5.32 Å². The number of alkyl halides is 3. The molecule has 2 saturated heterocycles. The number of nitrogens with zero attached hydrogens (tertiary/aromatic N) is 3. The fourth-order valence-corrected chi connectivity index (χ4v) is 4.70. The first kappa shape index (κ1) is 18.1. The van der Waals surface area contributed by atoms with Crippen molar-refractivity contribution in [1.82, 2.24) is 20.0 Å². The minimum atomic E-state index is -4.57. The van der Waals surface area contributed by atoms with Gasteiger partial charge in [-0.1, -0.05) is 0 Å². The van der Waals surface area contributed by atoms with E-state index in [4.69, 9.17) is 4.74 Å². The lowest BCUT2D eigenvalue weighted by atomic mass is 9.95. The number of fused-ring (bicyclic) bond motifs is 1. The Morgan fingerprint density at radius 3 is 2.81 bits per heavy atom. The lowest BCUT2D eigenvalue weighted by molar-refractivity contribution is -0.140. The fraction of sp³-hybridized carbons (Fsp3) is 0.562. The predicted molar refractivity (Wildman–Crippen MR) is 90.6 cm³/mol. The molecule has 2 aliphatic heterocycles. The van der Waals surface area contributed by atoms with Crippen LogP contribution in [0.5, 0.6) is 0 Å². The summed E-state index contributed by atoms with van der Waals surface area (Å²) in [6, 6.07) is 1.27. The Labute approximate surface area is 156 Å². The summed E-state index contributed by atoms with van der Waals surface area (Å²) in [5.74, 6) is -0.307. The molecule has 146 valence electrons. The van der Waals surface area contributed by atoms with Crippen molar-refractivity contribution in [1.29, 1.82) is 0 Å². The summed E-state index contributed by atoms with van der Waals surface area (Å²) in [5.41, 5.74) is -1.58. The minimum Gasteiger partial charge on any atom is -0.441 e. The van der Waals surface area contributed by atoms with Gasteiger partial charge in [0.1, 0.15) is 10.4 Å². The summed E-state index contributed by atoms with van der Waals surface area (Å²) < 4.78 is 46.0. The van der Waals surface area contributed by atoms with Crippen LogP contribution in [0.3, 0.4) is 0 Å². The van der Waals surface area contributed by atoms with Crippen LogP contribution >= 0.6 is 11.3 Å². The highest BCUT2D eigenvalue weighted by atomic mass is 32.1. The van der Waals surface area contributed by atoms with Crippen molar-refractivity contribution in [2.75, 3.05) is 19.6 Å².